The van der Waals surface area contributed by atoms with E-state index in [-0.39, 0.29) is 41.2 Å². The summed E-state index contributed by atoms with van der Waals surface area (Å²) in [6.45, 7) is 3.52. The Morgan fingerprint density at radius 2 is 1.73 bits per heavy atom. The van der Waals surface area contributed by atoms with Gasteiger partial charge in [-0.1, -0.05) is 42.5 Å². The third-order valence-corrected chi connectivity index (χ3v) is 6.65. The molecule has 1 saturated heterocycles. The van der Waals surface area contributed by atoms with E-state index in [4.69, 9.17) is 0 Å². The Hall–Kier alpha value is -3.79. The topological polar surface area (TPSA) is 54.3 Å². The maximum Gasteiger partial charge on any atom is 0.264 e. The van der Waals surface area contributed by atoms with Gasteiger partial charge in [0.2, 0.25) is 5.91 Å². The minimum Gasteiger partial charge on any atom is -0.339 e. The quantitative estimate of drug-likeness (QED) is 0.343. The first-order valence-corrected chi connectivity index (χ1v) is 12.0. The van der Waals surface area contributed by atoms with Crippen LogP contribution in [-0.2, 0) is 17.9 Å². The van der Waals surface area contributed by atoms with Crippen LogP contribution in [0.3, 0.4) is 0 Å². The highest BCUT2D eigenvalue weighted by Gasteiger charge is 2.25. The number of carbonyl (C=O) groups excluding carboxylic acids is 1. The number of halogens is 4. The van der Waals surface area contributed by atoms with Crippen molar-refractivity contribution in [1.82, 2.24) is 24.6 Å². The van der Waals surface area contributed by atoms with Crippen LogP contribution in [-0.4, -0.2) is 56.7 Å². The monoisotopic (exact) mass is 511 g/mol. The number of fused-ring (bicyclic) bond motifs is 1. The molecule has 1 aliphatic heterocycles. The van der Waals surface area contributed by atoms with E-state index in [2.05, 4.69) is 10.1 Å². The van der Waals surface area contributed by atoms with Crippen molar-refractivity contribution in [3.05, 3.63) is 83.1 Å². The zero-order chi connectivity index (χ0) is 26.1. The lowest BCUT2D eigenvalue weighted by molar-refractivity contribution is -0.133. The number of piperazine rings is 1. The van der Waals surface area contributed by atoms with Crippen LogP contribution in [0.4, 0.5) is 17.6 Å². The molecule has 0 bridgehead atoms. The Balaban J connectivity index is 1.33. The van der Waals surface area contributed by atoms with Gasteiger partial charge in [-0.05, 0) is 19.1 Å². The first kappa shape index (κ1) is 24.9. The average Bonchev–Trinajstić information content (AvgIpc) is 3.21. The summed E-state index contributed by atoms with van der Waals surface area (Å²) in [7, 11) is 0. The van der Waals surface area contributed by atoms with Crippen LogP contribution in [0, 0.1) is 18.6 Å². The third-order valence-electron chi connectivity index (χ3n) is 6.65. The van der Waals surface area contributed by atoms with Crippen LogP contribution in [0.2, 0.25) is 0 Å². The second kappa shape index (κ2) is 10.3. The maximum atomic E-state index is 14.0. The summed E-state index contributed by atoms with van der Waals surface area (Å²) in [5, 5.41) is 4.63. The number of carbonyl (C=O) groups is 1. The summed E-state index contributed by atoms with van der Waals surface area (Å²) in [6, 6.07) is 14.5. The van der Waals surface area contributed by atoms with Crippen molar-refractivity contribution >= 4 is 16.9 Å². The Bertz CT molecular complexity index is 1430. The second-order valence-electron chi connectivity index (χ2n) is 9.07. The molecule has 0 N–H and O–H groups in total. The highest BCUT2D eigenvalue weighted by atomic mass is 19.3. The van der Waals surface area contributed by atoms with Crippen molar-refractivity contribution in [2.24, 2.45) is 0 Å². The van der Waals surface area contributed by atoms with Gasteiger partial charge in [0, 0.05) is 49.4 Å². The SMILES string of the molecule is Cc1nn(CC(=O)N2CCN(Cc3cccc(F)c3F)CC2)c2nc(-c3ccccc3)cc(C(F)F)c12. The van der Waals surface area contributed by atoms with Gasteiger partial charge in [0.05, 0.1) is 16.8 Å². The highest BCUT2D eigenvalue weighted by Crippen LogP contribution is 2.33. The minimum absolute atomic E-state index is 0.142. The van der Waals surface area contributed by atoms with Crippen LogP contribution in [0.15, 0.2) is 54.6 Å². The molecule has 1 fully saturated rings. The number of pyridine rings is 1. The highest BCUT2D eigenvalue weighted by molar-refractivity contribution is 5.87. The Morgan fingerprint density at radius 3 is 2.43 bits per heavy atom. The van der Waals surface area contributed by atoms with Gasteiger partial charge in [0.25, 0.3) is 6.43 Å². The normalized spacial score (nSPS) is 14.6. The number of alkyl halides is 2. The lowest BCUT2D eigenvalue weighted by Crippen LogP contribution is -2.49. The molecule has 0 radical (unpaired) electrons. The Kier molecular flexibility index (Phi) is 6.92. The molecule has 10 heteroatoms. The van der Waals surface area contributed by atoms with Crippen LogP contribution in [0.25, 0.3) is 22.3 Å². The van der Waals surface area contributed by atoms with Crippen LogP contribution >= 0.6 is 0 Å². The number of nitrogens with zero attached hydrogens (tertiary/aromatic N) is 5. The molecular weight excluding hydrogens is 486 g/mol. The first-order valence-electron chi connectivity index (χ1n) is 12.0. The minimum atomic E-state index is -2.73. The molecule has 0 atom stereocenters. The predicted molar refractivity (Wildman–Crippen MR) is 131 cm³/mol. The summed E-state index contributed by atoms with van der Waals surface area (Å²) < 4.78 is 56.9. The Labute approximate surface area is 211 Å². The maximum absolute atomic E-state index is 14.0. The van der Waals surface area contributed by atoms with E-state index in [1.165, 1.54) is 16.8 Å². The molecular formula is C27H25F4N5O. The first-order chi connectivity index (χ1) is 17.8. The lowest BCUT2D eigenvalue weighted by Gasteiger charge is -2.34. The zero-order valence-corrected chi connectivity index (χ0v) is 20.2. The summed E-state index contributed by atoms with van der Waals surface area (Å²) in [5.41, 5.74) is 1.80. The van der Waals surface area contributed by atoms with Crippen molar-refractivity contribution in [2.75, 3.05) is 26.2 Å². The average molecular weight is 512 g/mol. The molecule has 37 heavy (non-hydrogen) atoms. The molecule has 1 amide bonds. The van der Waals surface area contributed by atoms with Crippen LogP contribution < -0.4 is 0 Å². The largest absolute Gasteiger partial charge is 0.339 e. The number of hydrogen-bond donors (Lipinski definition) is 0. The standard InChI is InChI=1S/C27H25F4N5O/c1-17-24-20(26(30)31)14-22(18-6-3-2-4-7-18)32-27(24)36(33-17)16-23(37)35-12-10-34(11-13-35)15-19-8-5-9-21(28)25(19)29/h2-9,14,26H,10-13,15-16H2,1H3. The molecule has 0 saturated carbocycles. The fourth-order valence-corrected chi connectivity index (χ4v) is 4.72. The molecule has 2 aromatic heterocycles. The molecule has 4 aromatic rings. The van der Waals surface area contributed by atoms with E-state index < -0.39 is 18.1 Å². The molecule has 6 nitrogen and oxygen atoms in total. The fourth-order valence-electron chi connectivity index (χ4n) is 4.72. The van der Waals surface area contributed by atoms with Gasteiger partial charge >= 0.3 is 0 Å². The molecule has 0 aliphatic carbocycles. The summed E-state index contributed by atoms with van der Waals surface area (Å²) in [4.78, 5) is 21.3. The van der Waals surface area contributed by atoms with E-state index in [1.807, 2.05) is 11.0 Å². The van der Waals surface area contributed by atoms with Gasteiger partial charge in [0.15, 0.2) is 17.3 Å². The number of rotatable bonds is 6. The van der Waals surface area contributed by atoms with Gasteiger partial charge in [-0.3, -0.25) is 9.69 Å². The number of hydrogen-bond acceptors (Lipinski definition) is 4. The van der Waals surface area contributed by atoms with Crippen molar-refractivity contribution in [3.8, 4) is 11.3 Å². The summed E-state index contributed by atoms with van der Waals surface area (Å²) >= 11 is 0. The van der Waals surface area contributed by atoms with E-state index in [0.717, 1.165) is 6.07 Å². The number of aromatic nitrogens is 3. The van der Waals surface area contributed by atoms with E-state index in [9.17, 15) is 22.4 Å². The number of amides is 1. The number of benzene rings is 2. The fraction of sp³-hybridized carbons (Fsp3) is 0.296. The van der Waals surface area contributed by atoms with Crippen molar-refractivity contribution < 1.29 is 22.4 Å². The summed E-state index contributed by atoms with van der Waals surface area (Å²) in [5.74, 6) is -1.95. The molecule has 5 rings (SSSR count). The molecule has 2 aromatic carbocycles. The molecule has 3 heterocycles. The zero-order valence-electron chi connectivity index (χ0n) is 20.2. The van der Waals surface area contributed by atoms with E-state index in [0.29, 0.717) is 43.1 Å². The van der Waals surface area contributed by atoms with E-state index in [1.54, 1.807) is 42.2 Å². The van der Waals surface area contributed by atoms with Gasteiger partial charge in [-0.25, -0.2) is 27.2 Å². The molecule has 192 valence electrons. The van der Waals surface area contributed by atoms with Gasteiger partial charge < -0.3 is 4.90 Å². The lowest BCUT2D eigenvalue weighted by atomic mass is 10.1. The third kappa shape index (κ3) is 5.06. The van der Waals surface area contributed by atoms with Crippen LogP contribution in [0.1, 0.15) is 23.2 Å². The van der Waals surface area contributed by atoms with Crippen LogP contribution in [0.5, 0.6) is 0 Å². The van der Waals surface area contributed by atoms with Gasteiger partial charge in [-0.15, -0.1) is 0 Å². The van der Waals surface area contributed by atoms with Crippen molar-refractivity contribution in [3.63, 3.8) is 0 Å². The van der Waals surface area contributed by atoms with Gasteiger partial charge in [-0.2, -0.15) is 5.10 Å². The second-order valence-corrected chi connectivity index (χ2v) is 9.07. The Morgan fingerprint density at radius 1 is 1.00 bits per heavy atom. The summed E-state index contributed by atoms with van der Waals surface area (Å²) in [6.07, 6.45) is -2.73. The molecule has 0 spiro atoms. The molecule has 0 unspecified atom stereocenters. The molecule has 1 aliphatic rings. The smallest absolute Gasteiger partial charge is 0.264 e. The van der Waals surface area contributed by atoms with Gasteiger partial charge in [0.1, 0.15) is 6.54 Å². The number of aryl methyl sites for hydroxylation is 1. The van der Waals surface area contributed by atoms with Crippen molar-refractivity contribution in [2.45, 2.75) is 26.4 Å². The van der Waals surface area contributed by atoms with Crippen molar-refractivity contribution in [1.29, 1.82) is 0 Å². The van der Waals surface area contributed by atoms with E-state index >= 15 is 0 Å². The predicted octanol–water partition coefficient (Wildman–Crippen LogP) is 4.97.